The maximum atomic E-state index is 12.6. The molecule has 1 unspecified atom stereocenters. The number of hydrogen-bond donors (Lipinski definition) is 1. The average Bonchev–Trinajstić information content (AvgIpc) is 2.54. The molecule has 0 aromatic carbocycles. The van der Waals surface area contributed by atoms with Crippen LogP contribution in [-0.4, -0.2) is 48.1 Å². The predicted molar refractivity (Wildman–Crippen MR) is 79.0 cm³/mol. The van der Waals surface area contributed by atoms with E-state index in [1.54, 1.807) is 11.0 Å². The molecule has 1 fully saturated rings. The molecule has 0 spiro atoms. The number of amides is 1. The van der Waals surface area contributed by atoms with E-state index in [4.69, 9.17) is 10.00 Å². The second kappa shape index (κ2) is 7.04. The highest BCUT2D eigenvalue weighted by Crippen LogP contribution is 2.15. The molecule has 2 rings (SSSR count). The number of nitrogens with zero attached hydrogens (tertiary/aromatic N) is 3. The number of hydrogen-bond acceptors (Lipinski definition) is 5. The third-order valence-electron chi connectivity index (χ3n) is 3.34. The molecule has 1 amide bonds. The van der Waals surface area contributed by atoms with Gasteiger partial charge in [-0.1, -0.05) is 6.92 Å². The molecular weight excluding hydrogens is 268 g/mol. The van der Waals surface area contributed by atoms with Gasteiger partial charge in [0.15, 0.2) is 6.10 Å². The summed E-state index contributed by atoms with van der Waals surface area (Å²) in [6, 6.07) is 5.64. The van der Waals surface area contributed by atoms with Crippen LogP contribution in [0.15, 0.2) is 12.1 Å². The van der Waals surface area contributed by atoms with E-state index in [0.717, 1.165) is 18.7 Å². The lowest BCUT2D eigenvalue weighted by Crippen LogP contribution is -2.45. The van der Waals surface area contributed by atoms with Crippen LogP contribution < -0.4 is 5.32 Å². The van der Waals surface area contributed by atoms with Crippen molar-refractivity contribution >= 4 is 11.7 Å². The minimum atomic E-state index is -0.538. The second-order valence-electron chi connectivity index (χ2n) is 4.86. The quantitative estimate of drug-likeness (QED) is 0.907. The Morgan fingerprint density at radius 1 is 1.57 bits per heavy atom. The predicted octanol–water partition coefficient (Wildman–Crippen LogP) is 1.44. The number of carbonyl (C=O) groups excluding carboxylic acids is 1. The second-order valence-corrected chi connectivity index (χ2v) is 4.86. The van der Waals surface area contributed by atoms with Crippen LogP contribution >= 0.6 is 0 Å². The first-order valence-electron chi connectivity index (χ1n) is 7.23. The Kier molecular flexibility index (Phi) is 5.12. The van der Waals surface area contributed by atoms with Gasteiger partial charge in [-0.15, -0.1) is 0 Å². The van der Waals surface area contributed by atoms with Gasteiger partial charge in [-0.2, -0.15) is 5.26 Å². The molecule has 1 aliphatic heterocycles. The molecule has 2 heterocycles. The van der Waals surface area contributed by atoms with Crippen LogP contribution in [0, 0.1) is 11.3 Å². The van der Waals surface area contributed by atoms with Crippen molar-refractivity contribution in [2.24, 2.45) is 0 Å². The highest BCUT2D eigenvalue weighted by Gasteiger charge is 2.25. The lowest BCUT2D eigenvalue weighted by Gasteiger charge is -2.30. The van der Waals surface area contributed by atoms with E-state index in [2.05, 4.69) is 16.4 Å². The van der Waals surface area contributed by atoms with Crippen molar-refractivity contribution in [3.8, 4) is 6.07 Å². The van der Waals surface area contributed by atoms with Gasteiger partial charge in [-0.25, -0.2) is 4.98 Å². The number of nitriles is 1. The molecule has 0 aliphatic carbocycles. The van der Waals surface area contributed by atoms with Gasteiger partial charge in [0.25, 0.3) is 5.91 Å². The third kappa shape index (κ3) is 3.70. The SMILES string of the molecule is CCNc1cc(C(=O)N2CCOC(C#N)C2)cc(CC)n1. The number of morpholine rings is 1. The fraction of sp³-hybridized carbons (Fsp3) is 0.533. The molecule has 0 radical (unpaired) electrons. The van der Waals surface area contributed by atoms with Crippen molar-refractivity contribution in [3.63, 3.8) is 0 Å². The van der Waals surface area contributed by atoms with Crippen LogP contribution in [0.2, 0.25) is 0 Å². The Bertz CT molecular complexity index is 553. The highest BCUT2D eigenvalue weighted by atomic mass is 16.5. The summed E-state index contributed by atoms with van der Waals surface area (Å²) in [4.78, 5) is 18.7. The van der Waals surface area contributed by atoms with Crippen molar-refractivity contribution in [2.75, 3.05) is 31.6 Å². The van der Waals surface area contributed by atoms with Crippen molar-refractivity contribution in [3.05, 3.63) is 23.4 Å². The van der Waals surface area contributed by atoms with Crippen LogP contribution in [-0.2, 0) is 11.2 Å². The molecular formula is C15H20N4O2. The van der Waals surface area contributed by atoms with Crippen LogP contribution in [0.4, 0.5) is 5.82 Å². The number of anilines is 1. The molecule has 6 nitrogen and oxygen atoms in total. The maximum Gasteiger partial charge on any atom is 0.254 e. The molecule has 0 bridgehead atoms. The summed E-state index contributed by atoms with van der Waals surface area (Å²) < 4.78 is 5.27. The van der Waals surface area contributed by atoms with Crippen LogP contribution in [0.1, 0.15) is 29.9 Å². The summed E-state index contributed by atoms with van der Waals surface area (Å²) in [5, 5.41) is 12.1. The first kappa shape index (κ1) is 15.3. The topological polar surface area (TPSA) is 78.3 Å². The van der Waals surface area contributed by atoms with E-state index in [1.165, 1.54) is 0 Å². The van der Waals surface area contributed by atoms with E-state index < -0.39 is 6.10 Å². The van der Waals surface area contributed by atoms with E-state index in [-0.39, 0.29) is 5.91 Å². The smallest absolute Gasteiger partial charge is 0.254 e. The van der Waals surface area contributed by atoms with Crippen LogP contribution in [0.5, 0.6) is 0 Å². The number of rotatable bonds is 4. The summed E-state index contributed by atoms with van der Waals surface area (Å²) in [5.41, 5.74) is 1.48. The van der Waals surface area contributed by atoms with Crippen molar-refractivity contribution < 1.29 is 9.53 Å². The van der Waals surface area contributed by atoms with Gasteiger partial charge in [0.2, 0.25) is 0 Å². The van der Waals surface area contributed by atoms with Crippen molar-refractivity contribution in [1.82, 2.24) is 9.88 Å². The van der Waals surface area contributed by atoms with Gasteiger partial charge >= 0.3 is 0 Å². The minimum Gasteiger partial charge on any atom is -0.370 e. The molecule has 1 N–H and O–H groups in total. The van der Waals surface area contributed by atoms with Gasteiger partial charge in [0, 0.05) is 24.3 Å². The van der Waals surface area contributed by atoms with E-state index >= 15 is 0 Å². The zero-order valence-electron chi connectivity index (χ0n) is 12.4. The molecule has 1 aromatic heterocycles. The Balaban J connectivity index is 2.21. The molecule has 112 valence electrons. The normalized spacial score (nSPS) is 18.1. The maximum absolute atomic E-state index is 12.6. The fourth-order valence-electron chi connectivity index (χ4n) is 2.26. The van der Waals surface area contributed by atoms with Crippen molar-refractivity contribution in [2.45, 2.75) is 26.4 Å². The zero-order valence-corrected chi connectivity index (χ0v) is 12.4. The van der Waals surface area contributed by atoms with Gasteiger partial charge < -0.3 is 15.0 Å². The zero-order chi connectivity index (χ0) is 15.2. The number of aryl methyl sites for hydroxylation is 1. The summed E-state index contributed by atoms with van der Waals surface area (Å²) in [6.45, 7) is 5.97. The van der Waals surface area contributed by atoms with Crippen molar-refractivity contribution in [1.29, 1.82) is 5.26 Å². The number of carbonyl (C=O) groups is 1. The first-order valence-corrected chi connectivity index (χ1v) is 7.23. The third-order valence-corrected chi connectivity index (χ3v) is 3.34. The molecule has 1 aliphatic rings. The fourth-order valence-corrected chi connectivity index (χ4v) is 2.26. The van der Waals surface area contributed by atoms with Crippen LogP contribution in [0.25, 0.3) is 0 Å². The van der Waals surface area contributed by atoms with Gasteiger partial charge in [-0.05, 0) is 25.5 Å². The molecule has 1 saturated heterocycles. The molecule has 1 atom stereocenters. The van der Waals surface area contributed by atoms with E-state index in [1.807, 2.05) is 19.9 Å². The summed E-state index contributed by atoms with van der Waals surface area (Å²) in [6.07, 6.45) is 0.229. The monoisotopic (exact) mass is 288 g/mol. The van der Waals surface area contributed by atoms with Gasteiger partial charge in [0.05, 0.1) is 19.2 Å². The Labute approximate surface area is 124 Å². The summed E-state index contributed by atoms with van der Waals surface area (Å²) in [5.74, 6) is 0.639. The molecule has 0 saturated carbocycles. The summed E-state index contributed by atoms with van der Waals surface area (Å²) >= 11 is 0. The lowest BCUT2D eigenvalue weighted by molar-refractivity contribution is 0.00346. The Morgan fingerprint density at radius 2 is 2.38 bits per heavy atom. The molecule has 1 aromatic rings. The highest BCUT2D eigenvalue weighted by molar-refractivity contribution is 5.95. The number of nitrogens with one attached hydrogen (secondary N) is 1. The van der Waals surface area contributed by atoms with Gasteiger partial charge in [-0.3, -0.25) is 4.79 Å². The van der Waals surface area contributed by atoms with Crippen LogP contribution in [0.3, 0.4) is 0 Å². The summed E-state index contributed by atoms with van der Waals surface area (Å²) in [7, 11) is 0. The van der Waals surface area contributed by atoms with E-state index in [0.29, 0.717) is 31.1 Å². The largest absolute Gasteiger partial charge is 0.370 e. The standard InChI is InChI=1S/C15H20N4O2/c1-3-12-7-11(8-14(18-12)17-4-2)15(20)19-5-6-21-13(9-16)10-19/h7-8,13H,3-6,10H2,1-2H3,(H,17,18). The molecule has 6 heteroatoms. The Hall–Kier alpha value is -2.13. The average molecular weight is 288 g/mol. The Morgan fingerprint density at radius 3 is 3.05 bits per heavy atom. The van der Waals surface area contributed by atoms with Gasteiger partial charge in [0.1, 0.15) is 5.82 Å². The number of pyridine rings is 1. The first-order chi connectivity index (χ1) is 10.2. The lowest BCUT2D eigenvalue weighted by atomic mass is 10.1. The minimum absolute atomic E-state index is 0.0743. The number of aromatic nitrogens is 1. The number of ether oxygens (including phenoxy) is 1. The van der Waals surface area contributed by atoms with E-state index in [9.17, 15) is 4.79 Å². The molecule has 21 heavy (non-hydrogen) atoms.